The van der Waals surface area contributed by atoms with Gasteiger partial charge in [-0.3, -0.25) is 4.90 Å². The third-order valence-corrected chi connectivity index (χ3v) is 3.98. The highest BCUT2D eigenvalue weighted by Crippen LogP contribution is 2.13. The Morgan fingerprint density at radius 3 is 2.84 bits per heavy atom. The lowest BCUT2D eigenvalue weighted by Gasteiger charge is -2.30. The summed E-state index contributed by atoms with van der Waals surface area (Å²) < 4.78 is 13.6. The number of likely N-dealkylation sites (N-methyl/N-ethyl adjacent to an activating group) is 1. The van der Waals surface area contributed by atoms with Gasteiger partial charge in [0.2, 0.25) is 0 Å². The van der Waals surface area contributed by atoms with Crippen molar-refractivity contribution in [1.29, 1.82) is 0 Å². The van der Waals surface area contributed by atoms with E-state index in [0.717, 1.165) is 37.3 Å². The first kappa shape index (κ1) is 14.5. The highest BCUT2D eigenvalue weighted by Gasteiger charge is 2.16. The molecule has 0 aliphatic carbocycles. The molecule has 1 atom stereocenters. The van der Waals surface area contributed by atoms with Crippen molar-refractivity contribution in [3.8, 4) is 0 Å². The number of benzene rings is 1. The summed E-state index contributed by atoms with van der Waals surface area (Å²) in [5.74, 6) is -0.0932. The van der Waals surface area contributed by atoms with Gasteiger partial charge in [0.25, 0.3) is 0 Å². The van der Waals surface area contributed by atoms with Crippen LogP contribution in [0, 0.1) is 12.7 Å². The molecule has 1 fully saturated rings. The molecule has 1 aromatic rings. The second-order valence-corrected chi connectivity index (χ2v) is 5.56. The predicted octanol–water partition coefficient (Wildman–Crippen LogP) is 3.10. The van der Waals surface area contributed by atoms with Gasteiger partial charge in [0.1, 0.15) is 5.82 Å². The summed E-state index contributed by atoms with van der Waals surface area (Å²) in [4.78, 5) is 2.40. The van der Waals surface area contributed by atoms with Crippen molar-refractivity contribution in [2.24, 2.45) is 0 Å². The molecule has 0 radical (unpaired) electrons. The summed E-state index contributed by atoms with van der Waals surface area (Å²) >= 11 is 0. The zero-order chi connectivity index (χ0) is 13.7. The van der Waals surface area contributed by atoms with Crippen LogP contribution in [0.3, 0.4) is 0 Å². The molecule has 1 aliphatic heterocycles. The van der Waals surface area contributed by atoms with Crippen LogP contribution in [-0.4, -0.2) is 30.6 Å². The van der Waals surface area contributed by atoms with E-state index in [2.05, 4.69) is 17.1 Å². The van der Waals surface area contributed by atoms with Crippen molar-refractivity contribution in [3.63, 3.8) is 0 Å². The van der Waals surface area contributed by atoms with Crippen LogP contribution in [0.15, 0.2) is 18.2 Å². The molecule has 1 heterocycles. The Bertz CT molecular complexity index is 400. The minimum atomic E-state index is -0.0932. The predicted molar refractivity (Wildman–Crippen MR) is 77.7 cm³/mol. The van der Waals surface area contributed by atoms with E-state index in [1.165, 1.54) is 19.3 Å². The summed E-state index contributed by atoms with van der Waals surface area (Å²) in [6.45, 7) is 8.03. The second-order valence-electron chi connectivity index (χ2n) is 5.56. The summed E-state index contributed by atoms with van der Waals surface area (Å²) in [5.41, 5.74) is 1.79. The van der Waals surface area contributed by atoms with Gasteiger partial charge >= 0.3 is 0 Å². The van der Waals surface area contributed by atoms with Crippen molar-refractivity contribution in [1.82, 2.24) is 10.2 Å². The maximum absolute atomic E-state index is 13.6. The quantitative estimate of drug-likeness (QED) is 0.879. The monoisotopic (exact) mass is 264 g/mol. The number of hydrogen-bond acceptors (Lipinski definition) is 2. The third kappa shape index (κ3) is 4.29. The Balaban J connectivity index is 1.92. The van der Waals surface area contributed by atoms with Crippen LogP contribution >= 0.6 is 0 Å². The van der Waals surface area contributed by atoms with E-state index in [1.54, 1.807) is 6.07 Å². The van der Waals surface area contributed by atoms with Gasteiger partial charge in [0.05, 0.1) is 0 Å². The molecular weight excluding hydrogens is 239 g/mol. The van der Waals surface area contributed by atoms with Gasteiger partial charge in [-0.05, 0) is 50.0 Å². The van der Waals surface area contributed by atoms with Gasteiger partial charge in [0, 0.05) is 19.1 Å². The molecule has 2 nitrogen and oxygen atoms in total. The fourth-order valence-electron chi connectivity index (χ4n) is 2.69. The first-order valence-electron chi connectivity index (χ1n) is 7.40. The molecule has 1 unspecified atom stereocenters. The van der Waals surface area contributed by atoms with Crippen LogP contribution in [0.5, 0.6) is 0 Å². The van der Waals surface area contributed by atoms with E-state index in [9.17, 15) is 4.39 Å². The van der Waals surface area contributed by atoms with Crippen LogP contribution in [0.25, 0.3) is 0 Å². The number of aryl methyl sites for hydroxylation is 1. The van der Waals surface area contributed by atoms with E-state index < -0.39 is 0 Å². The van der Waals surface area contributed by atoms with Crippen LogP contribution in [0.4, 0.5) is 4.39 Å². The minimum absolute atomic E-state index is 0.0932. The molecule has 1 aromatic carbocycles. The fraction of sp³-hybridized carbons (Fsp3) is 0.625. The molecule has 0 aromatic heterocycles. The molecule has 3 heteroatoms. The van der Waals surface area contributed by atoms with E-state index in [-0.39, 0.29) is 5.82 Å². The van der Waals surface area contributed by atoms with Crippen molar-refractivity contribution < 1.29 is 4.39 Å². The first-order chi connectivity index (χ1) is 9.19. The second kappa shape index (κ2) is 7.01. The van der Waals surface area contributed by atoms with Crippen molar-refractivity contribution >= 4 is 0 Å². The number of rotatable bonds is 5. The Hall–Kier alpha value is -0.930. The molecule has 1 N–H and O–H groups in total. The standard InChI is InChI=1S/C16H25FN2/c1-3-19(12-15-6-4-5-9-18-15)11-14-8-7-13(2)16(17)10-14/h7-8,10,15,18H,3-6,9,11-12H2,1-2H3. The zero-order valence-electron chi connectivity index (χ0n) is 12.1. The third-order valence-electron chi connectivity index (χ3n) is 3.98. The van der Waals surface area contributed by atoms with Gasteiger partial charge in [-0.1, -0.05) is 25.5 Å². The van der Waals surface area contributed by atoms with Gasteiger partial charge in [-0.25, -0.2) is 4.39 Å². The average molecular weight is 264 g/mol. The zero-order valence-corrected chi connectivity index (χ0v) is 12.1. The number of hydrogen-bond donors (Lipinski definition) is 1. The smallest absolute Gasteiger partial charge is 0.126 e. The van der Waals surface area contributed by atoms with E-state index in [0.29, 0.717) is 6.04 Å². The lowest BCUT2D eigenvalue weighted by molar-refractivity contribution is 0.226. The molecule has 0 saturated carbocycles. The average Bonchev–Trinajstić information content (AvgIpc) is 2.43. The summed E-state index contributed by atoms with van der Waals surface area (Å²) in [5, 5.41) is 3.57. The molecule has 0 bridgehead atoms. The summed E-state index contributed by atoms with van der Waals surface area (Å²) in [7, 11) is 0. The van der Waals surface area contributed by atoms with E-state index in [4.69, 9.17) is 0 Å². The maximum atomic E-state index is 13.6. The van der Waals surface area contributed by atoms with Crippen LogP contribution in [0.2, 0.25) is 0 Å². The molecule has 1 aliphatic rings. The molecule has 106 valence electrons. The summed E-state index contributed by atoms with van der Waals surface area (Å²) in [6, 6.07) is 6.18. The Labute approximate surface area is 116 Å². The number of piperidine rings is 1. The maximum Gasteiger partial charge on any atom is 0.126 e. The molecule has 0 spiro atoms. The highest BCUT2D eigenvalue weighted by molar-refractivity contribution is 5.23. The Morgan fingerprint density at radius 1 is 1.37 bits per heavy atom. The van der Waals surface area contributed by atoms with E-state index in [1.807, 2.05) is 19.1 Å². The van der Waals surface area contributed by atoms with Gasteiger partial charge < -0.3 is 5.32 Å². The van der Waals surface area contributed by atoms with E-state index >= 15 is 0 Å². The van der Waals surface area contributed by atoms with Crippen LogP contribution in [-0.2, 0) is 6.54 Å². The highest BCUT2D eigenvalue weighted by atomic mass is 19.1. The van der Waals surface area contributed by atoms with Gasteiger partial charge in [0.15, 0.2) is 0 Å². The Morgan fingerprint density at radius 2 is 2.21 bits per heavy atom. The molecule has 1 saturated heterocycles. The van der Waals surface area contributed by atoms with Crippen LogP contribution in [0.1, 0.15) is 37.3 Å². The molecule has 19 heavy (non-hydrogen) atoms. The number of halogens is 1. The number of nitrogens with one attached hydrogen (secondary N) is 1. The minimum Gasteiger partial charge on any atom is -0.313 e. The van der Waals surface area contributed by atoms with Crippen molar-refractivity contribution in [2.75, 3.05) is 19.6 Å². The van der Waals surface area contributed by atoms with Crippen LogP contribution < -0.4 is 5.32 Å². The lowest BCUT2D eigenvalue weighted by Crippen LogP contribution is -2.43. The lowest BCUT2D eigenvalue weighted by atomic mass is 10.0. The fourth-order valence-corrected chi connectivity index (χ4v) is 2.69. The van der Waals surface area contributed by atoms with Gasteiger partial charge in [-0.15, -0.1) is 0 Å². The largest absolute Gasteiger partial charge is 0.313 e. The normalized spacial score (nSPS) is 19.9. The molecule has 0 amide bonds. The molecule has 2 rings (SSSR count). The van der Waals surface area contributed by atoms with Gasteiger partial charge in [-0.2, -0.15) is 0 Å². The SMILES string of the molecule is CCN(Cc1ccc(C)c(F)c1)CC1CCCCN1. The van der Waals surface area contributed by atoms with Crippen molar-refractivity contribution in [2.45, 2.75) is 45.7 Å². The molecular formula is C16H25FN2. The Kier molecular flexibility index (Phi) is 5.34. The summed E-state index contributed by atoms with van der Waals surface area (Å²) in [6.07, 6.45) is 3.89. The van der Waals surface area contributed by atoms with Crippen molar-refractivity contribution in [3.05, 3.63) is 35.1 Å². The first-order valence-corrected chi connectivity index (χ1v) is 7.40. The number of nitrogens with zero attached hydrogens (tertiary/aromatic N) is 1. The topological polar surface area (TPSA) is 15.3 Å².